The van der Waals surface area contributed by atoms with Crippen LogP contribution in [0.15, 0.2) is 85.1 Å². The van der Waals surface area contributed by atoms with Crippen LogP contribution in [-0.2, 0) is 13.6 Å². The van der Waals surface area contributed by atoms with Crippen molar-refractivity contribution in [3.63, 3.8) is 0 Å². The van der Waals surface area contributed by atoms with Gasteiger partial charge >= 0.3 is 0 Å². The molecule has 1 saturated heterocycles. The Labute approximate surface area is 301 Å². The summed E-state index contributed by atoms with van der Waals surface area (Å²) in [6, 6.07) is 22.5. The van der Waals surface area contributed by atoms with Crippen LogP contribution >= 0.6 is 17.0 Å². The highest BCUT2D eigenvalue weighted by molar-refractivity contribution is 8.93. The molecule has 12 heteroatoms. The molecule has 3 heterocycles. The fourth-order valence-electron chi connectivity index (χ4n) is 5.97. The first kappa shape index (κ1) is 36.3. The van der Waals surface area contributed by atoms with Gasteiger partial charge in [0.25, 0.3) is 11.8 Å². The van der Waals surface area contributed by atoms with E-state index in [0.717, 1.165) is 47.6 Å². The minimum atomic E-state index is -0.401. The zero-order valence-corrected chi connectivity index (χ0v) is 30.3. The second-order valence-corrected chi connectivity index (χ2v) is 11.9. The molecule has 2 aromatic heterocycles. The zero-order valence-electron chi connectivity index (χ0n) is 28.6. The number of carbonyl (C=O) groups is 2. The van der Waals surface area contributed by atoms with E-state index in [0.29, 0.717) is 54.9 Å². The van der Waals surface area contributed by atoms with Crippen molar-refractivity contribution in [3.05, 3.63) is 108 Å². The Hall–Kier alpha value is -4.94. The number of hydrogen-bond donors (Lipinski definition) is 0. The van der Waals surface area contributed by atoms with Gasteiger partial charge in [0.1, 0.15) is 17.3 Å². The van der Waals surface area contributed by atoms with E-state index in [1.807, 2.05) is 66.8 Å². The van der Waals surface area contributed by atoms with Crippen LogP contribution in [0.5, 0.6) is 23.1 Å². The number of halogens is 2. The number of anilines is 1. The summed E-state index contributed by atoms with van der Waals surface area (Å²) in [6.45, 7) is 8.66. The Morgan fingerprint density at radius 3 is 2.26 bits per heavy atom. The highest BCUT2D eigenvalue weighted by Gasteiger charge is 2.25. The first-order valence-electron chi connectivity index (χ1n) is 16.4. The van der Waals surface area contributed by atoms with E-state index in [1.54, 1.807) is 25.4 Å². The Morgan fingerprint density at radius 2 is 1.58 bits per heavy atom. The number of aryl methyl sites for hydroxylation is 1. The summed E-state index contributed by atoms with van der Waals surface area (Å²) in [6.07, 6.45) is 1.55. The third-order valence-electron chi connectivity index (χ3n) is 8.63. The molecule has 0 radical (unpaired) electrons. The molecule has 50 heavy (non-hydrogen) atoms. The summed E-state index contributed by atoms with van der Waals surface area (Å²) in [5.41, 5.74) is 3.62. The number of piperazine rings is 1. The van der Waals surface area contributed by atoms with Crippen LogP contribution in [0, 0.1) is 5.82 Å². The smallest absolute Gasteiger partial charge is 0.270 e. The van der Waals surface area contributed by atoms with Gasteiger partial charge in [0, 0.05) is 69.4 Å². The summed E-state index contributed by atoms with van der Waals surface area (Å²) in [4.78, 5) is 36.5. The second kappa shape index (κ2) is 16.2. The van der Waals surface area contributed by atoms with Crippen molar-refractivity contribution < 1.29 is 28.2 Å². The lowest BCUT2D eigenvalue weighted by Gasteiger charge is -2.34. The van der Waals surface area contributed by atoms with Crippen molar-refractivity contribution >= 4 is 45.4 Å². The minimum Gasteiger partial charge on any atom is -0.490 e. The number of amides is 2. The topological polar surface area (TPSA) is 89.4 Å². The van der Waals surface area contributed by atoms with E-state index < -0.39 is 5.82 Å². The molecule has 2 amide bonds. The summed E-state index contributed by atoms with van der Waals surface area (Å²) in [5.74, 6) is 1.76. The van der Waals surface area contributed by atoms with Crippen LogP contribution in [-0.4, -0.2) is 77.6 Å². The first-order valence-corrected chi connectivity index (χ1v) is 16.4. The van der Waals surface area contributed by atoms with Crippen molar-refractivity contribution in [2.24, 2.45) is 7.05 Å². The highest BCUT2D eigenvalue weighted by atomic mass is 79.9. The molecule has 6 rings (SSSR count). The van der Waals surface area contributed by atoms with Gasteiger partial charge in [0.05, 0.1) is 25.1 Å². The molecule has 1 aliphatic heterocycles. The van der Waals surface area contributed by atoms with Crippen LogP contribution in [0.2, 0.25) is 0 Å². The molecule has 5 aromatic rings. The van der Waals surface area contributed by atoms with Gasteiger partial charge in [0.15, 0.2) is 11.5 Å². The van der Waals surface area contributed by atoms with Crippen LogP contribution in [0.25, 0.3) is 10.9 Å². The molecule has 0 saturated carbocycles. The predicted octanol–water partition coefficient (Wildman–Crippen LogP) is 7.11. The normalized spacial score (nSPS) is 13.1. The molecule has 0 spiro atoms. The van der Waals surface area contributed by atoms with Gasteiger partial charge < -0.3 is 28.6 Å². The van der Waals surface area contributed by atoms with Crippen molar-refractivity contribution in [1.82, 2.24) is 19.4 Å². The van der Waals surface area contributed by atoms with Crippen molar-refractivity contribution in [1.29, 1.82) is 0 Å². The summed E-state index contributed by atoms with van der Waals surface area (Å²) in [5, 5.41) is 0.879. The molecule has 1 aliphatic rings. The molecular formula is C38H41BrFN5O5. The largest absolute Gasteiger partial charge is 0.490 e. The number of carbonyl (C=O) groups excluding carboxylic acids is 2. The number of hydrogen-bond acceptors (Lipinski definition) is 7. The molecule has 262 valence electrons. The quantitative estimate of drug-likeness (QED) is 0.142. The van der Waals surface area contributed by atoms with Gasteiger partial charge in [-0.2, -0.15) is 0 Å². The third kappa shape index (κ3) is 8.09. The second-order valence-electron chi connectivity index (χ2n) is 11.9. The molecule has 0 atom stereocenters. The molecule has 1 fully saturated rings. The third-order valence-corrected chi connectivity index (χ3v) is 8.63. The number of rotatable bonds is 11. The fourth-order valence-corrected chi connectivity index (χ4v) is 5.97. The van der Waals surface area contributed by atoms with E-state index in [4.69, 9.17) is 14.2 Å². The maximum absolute atomic E-state index is 13.7. The average Bonchev–Trinajstić information content (AvgIpc) is 3.44. The monoisotopic (exact) mass is 745 g/mol. The Morgan fingerprint density at radius 1 is 0.860 bits per heavy atom. The van der Waals surface area contributed by atoms with Gasteiger partial charge in [-0.15, -0.1) is 17.0 Å². The molecule has 0 bridgehead atoms. The van der Waals surface area contributed by atoms with E-state index in [-0.39, 0.29) is 28.8 Å². The lowest BCUT2D eigenvalue weighted by atomic mass is 10.1. The molecule has 0 aliphatic carbocycles. The number of nitrogens with zero attached hydrogens (tertiary/aromatic N) is 5. The van der Waals surface area contributed by atoms with Crippen LogP contribution in [0.1, 0.15) is 40.3 Å². The van der Waals surface area contributed by atoms with Gasteiger partial charge in [-0.25, -0.2) is 9.37 Å². The summed E-state index contributed by atoms with van der Waals surface area (Å²) in [7, 11) is 3.53. The zero-order chi connectivity index (χ0) is 34.5. The maximum Gasteiger partial charge on any atom is 0.270 e. The van der Waals surface area contributed by atoms with Crippen LogP contribution in [0.3, 0.4) is 0 Å². The molecule has 3 aromatic carbocycles. The summed E-state index contributed by atoms with van der Waals surface area (Å²) >= 11 is 0. The van der Waals surface area contributed by atoms with Crippen LogP contribution < -0.4 is 19.1 Å². The average molecular weight is 747 g/mol. The fraction of sp³-hybridized carbons (Fsp3) is 0.289. The van der Waals surface area contributed by atoms with E-state index in [9.17, 15) is 14.0 Å². The number of aromatic nitrogens is 2. The molecule has 0 unspecified atom stereocenters. The maximum atomic E-state index is 13.7. The Bertz CT molecular complexity index is 1940. The Balaban J connectivity index is 0.00000486. The van der Waals surface area contributed by atoms with Gasteiger partial charge in [-0.1, -0.05) is 6.07 Å². The van der Waals surface area contributed by atoms with Crippen molar-refractivity contribution in [2.45, 2.75) is 20.4 Å². The Kier molecular flexibility index (Phi) is 11.8. The SMILES string of the molecule is Br.CCOc1ccc(CN2CCN(C(=O)c3cc4cc(Oc5ccc(N(C)C(=O)c6ccc(F)cc6)cn5)ccc4n3C)CC2)cc1OCC. The molecular weight excluding hydrogens is 705 g/mol. The highest BCUT2D eigenvalue weighted by Crippen LogP contribution is 2.30. The molecule has 10 nitrogen and oxygen atoms in total. The predicted molar refractivity (Wildman–Crippen MR) is 197 cm³/mol. The van der Waals surface area contributed by atoms with Crippen molar-refractivity contribution in [3.8, 4) is 23.1 Å². The van der Waals surface area contributed by atoms with Crippen LogP contribution in [0.4, 0.5) is 10.1 Å². The lowest BCUT2D eigenvalue weighted by molar-refractivity contribution is 0.0619. The minimum absolute atomic E-state index is 0. The number of benzene rings is 3. The summed E-state index contributed by atoms with van der Waals surface area (Å²) < 4.78 is 32.7. The van der Waals surface area contributed by atoms with Gasteiger partial charge in [-0.3, -0.25) is 14.5 Å². The van der Waals surface area contributed by atoms with E-state index in [1.165, 1.54) is 29.2 Å². The first-order chi connectivity index (χ1) is 23.7. The van der Waals surface area contributed by atoms with Crippen molar-refractivity contribution in [2.75, 3.05) is 51.3 Å². The number of ether oxygens (including phenoxy) is 3. The van der Waals surface area contributed by atoms with E-state index >= 15 is 0 Å². The molecule has 0 N–H and O–H groups in total. The number of fused-ring (bicyclic) bond motifs is 1. The van der Waals surface area contributed by atoms with E-state index in [2.05, 4.69) is 16.0 Å². The lowest BCUT2D eigenvalue weighted by Crippen LogP contribution is -2.48. The number of pyridine rings is 1. The van der Waals surface area contributed by atoms with Gasteiger partial charge in [-0.05, 0) is 86.1 Å². The van der Waals surface area contributed by atoms with Gasteiger partial charge in [0.2, 0.25) is 5.88 Å². The standard InChI is InChI=1S/C38H40FN5O5.BrH/c1-5-47-34-15-7-26(21-35(34)48-6-2)25-43-17-19-44(20-18-43)38(46)33-23-28-22-31(13-14-32(28)42(33)4)49-36-16-12-30(24-40-36)41(3)37(45)27-8-10-29(39)11-9-27;/h7-16,21-24H,5-6,17-20,25H2,1-4H3;1H.